The molecule has 1 aliphatic heterocycles. The van der Waals surface area contributed by atoms with Crippen LogP contribution in [0.4, 0.5) is 5.69 Å². The van der Waals surface area contributed by atoms with Gasteiger partial charge in [-0.05, 0) is 42.2 Å². The molecule has 1 amide bonds. The van der Waals surface area contributed by atoms with Gasteiger partial charge in [0, 0.05) is 18.8 Å². The summed E-state index contributed by atoms with van der Waals surface area (Å²) in [7, 11) is 0. The molecular weight excluding hydrogens is 272 g/mol. The molecule has 1 saturated heterocycles. The number of nitrogens with one attached hydrogen (secondary N) is 1. The van der Waals surface area contributed by atoms with E-state index in [0.29, 0.717) is 18.4 Å². The molecule has 1 N–H and O–H groups in total. The Morgan fingerprint density at radius 2 is 1.59 bits per heavy atom. The van der Waals surface area contributed by atoms with Crippen LogP contribution in [0.15, 0.2) is 18.2 Å². The van der Waals surface area contributed by atoms with Crippen molar-refractivity contribution in [1.82, 2.24) is 4.90 Å². The van der Waals surface area contributed by atoms with E-state index in [-0.39, 0.29) is 5.91 Å². The van der Waals surface area contributed by atoms with Crippen molar-refractivity contribution in [2.75, 3.05) is 25.0 Å². The average molecular weight is 302 g/mol. The molecule has 1 aliphatic rings. The van der Waals surface area contributed by atoms with Gasteiger partial charge < -0.3 is 10.2 Å². The van der Waals surface area contributed by atoms with Gasteiger partial charge in [0.05, 0.1) is 6.54 Å². The van der Waals surface area contributed by atoms with Crippen LogP contribution >= 0.6 is 0 Å². The first-order chi connectivity index (χ1) is 10.5. The minimum atomic E-state index is 0.230. The molecule has 0 unspecified atom stereocenters. The number of nitrogens with zero attached hydrogens (tertiary/aromatic N) is 1. The summed E-state index contributed by atoms with van der Waals surface area (Å²) in [6.07, 6.45) is 3.54. The number of likely N-dealkylation sites (tertiary alicyclic amines) is 1. The largest absolute Gasteiger partial charge is 0.376 e. The number of hydrogen-bond acceptors (Lipinski definition) is 2. The lowest BCUT2D eigenvalue weighted by atomic mass is 9.92. The van der Waals surface area contributed by atoms with Gasteiger partial charge in [0.15, 0.2) is 0 Å². The minimum Gasteiger partial charge on any atom is -0.376 e. The molecule has 122 valence electrons. The van der Waals surface area contributed by atoms with Gasteiger partial charge in [0.1, 0.15) is 0 Å². The molecule has 2 rings (SSSR count). The number of carbonyl (C=O) groups is 1. The lowest BCUT2D eigenvalue weighted by Crippen LogP contribution is -2.39. The van der Waals surface area contributed by atoms with Gasteiger partial charge in [-0.25, -0.2) is 0 Å². The molecule has 0 spiro atoms. The van der Waals surface area contributed by atoms with Crippen LogP contribution in [0, 0.1) is 0 Å². The maximum atomic E-state index is 12.4. The van der Waals surface area contributed by atoms with Gasteiger partial charge in [0.2, 0.25) is 5.91 Å². The van der Waals surface area contributed by atoms with Crippen LogP contribution in [0.1, 0.15) is 69.9 Å². The topological polar surface area (TPSA) is 32.3 Å². The van der Waals surface area contributed by atoms with Gasteiger partial charge in [-0.15, -0.1) is 0 Å². The van der Waals surface area contributed by atoms with E-state index in [4.69, 9.17) is 0 Å². The molecule has 1 heterocycles. The predicted octanol–water partition coefficient (Wildman–Crippen LogP) is 4.36. The highest BCUT2D eigenvalue weighted by atomic mass is 16.2. The maximum Gasteiger partial charge on any atom is 0.241 e. The molecule has 22 heavy (non-hydrogen) atoms. The van der Waals surface area contributed by atoms with Crippen molar-refractivity contribution in [3.05, 3.63) is 29.3 Å². The van der Waals surface area contributed by atoms with Crippen LogP contribution in [0.5, 0.6) is 0 Å². The lowest BCUT2D eigenvalue weighted by Gasteiger charge is -2.28. The highest BCUT2D eigenvalue weighted by Gasteiger charge is 2.18. The fraction of sp³-hybridized carbons (Fsp3) is 0.632. The van der Waals surface area contributed by atoms with Crippen molar-refractivity contribution in [3.63, 3.8) is 0 Å². The number of amides is 1. The van der Waals surface area contributed by atoms with Crippen LogP contribution in [0.3, 0.4) is 0 Å². The standard InChI is InChI=1S/C19H30N2O/c1-14(2)16-9-8-10-17(15(3)4)19(16)20-13-18(22)21-11-6-5-7-12-21/h8-10,14-15,20H,5-7,11-13H2,1-4H3. The van der Waals surface area contributed by atoms with Crippen LogP contribution in [0.25, 0.3) is 0 Å². The number of para-hydroxylation sites is 1. The Kier molecular flexibility index (Phi) is 5.87. The zero-order chi connectivity index (χ0) is 16.1. The van der Waals surface area contributed by atoms with Gasteiger partial charge >= 0.3 is 0 Å². The van der Waals surface area contributed by atoms with Crippen LogP contribution < -0.4 is 5.32 Å². The summed E-state index contributed by atoms with van der Waals surface area (Å²) in [6.45, 7) is 11.1. The first-order valence-electron chi connectivity index (χ1n) is 8.65. The zero-order valence-corrected chi connectivity index (χ0v) is 14.5. The molecular formula is C19H30N2O. The number of carbonyl (C=O) groups excluding carboxylic acids is 1. The Hall–Kier alpha value is -1.51. The Balaban J connectivity index is 2.12. The van der Waals surface area contributed by atoms with Crippen molar-refractivity contribution in [3.8, 4) is 0 Å². The fourth-order valence-corrected chi connectivity index (χ4v) is 3.17. The first-order valence-corrected chi connectivity index (χ1v) is 8.65. The van der Waals surface area contributed by atoms with Crippen molar-refractivity contribution < 1.29 is 4.79 Å². The van der Waals surface area contributed by atoms with E-state index in [2.05, 4.69) is 51.2 Å². The van der Waals surface area contributed by atoms with Gasteiger partial charge in [-0.2, -0.15) is 0 Å². The smallest absolute Gasteiger partial charge is 0.241 e. The van der Waals surface area contributed by atoms with Crippen molar-refractivity contribution in [1.29, 1.82) is 0 Å². The zero-order valence-electron chi connectivity index (χ0n) is 14.5. The summed E-state index contributed by atoms with van der Waals surface area (Å²) < 4.78 is 0. The van der Waals surface area contributed by atoms with Gasteiger partial charge in [-0.3, -0.25) is 4.79 Å². The number of hydrogen-bond donors (Lipinski definition) is 1. The number of piperidine rings is 1. The summed E-state index contributed by atoms with van der Waals surface area (Å²) in [5.41, 5.74) is 3.77. The summed E-state index contributed by atoms with van der Waals surface area (Å²) in [5, 5.41) is 3.45. The van der Waals surface area contributed by atoms with E-state index in [9.17, 15) is 4.79 Å². The average Bonchev–Trinajstić information content (AvgIpc) is 2.52. The van der Waals surface area contributed by atoms with E-state index < -0.39 is 0 Å². The third-order valence-electron chi connectivity index (χ3n) is 4.50. The Morgan fingerprint density at radius 1 is 1.05 bits per heavy atom. The van der Waals surface area contributed by atoms with Crippen LogP contribution in [-0.4, -0.2) is 30.4 Å². The molecule has 0 saturated carbocycles. The van der Waals surface area contributed by atoms with Crippen molar-refractivity contribution >= 4 is 11.6 Å². The molecule has 1 fully saturated rings. The fourth-order valence-electron chi connectivity index (χ4n) is 3.17. The SMILES string of the molecule is CC(C)c1cccc(C(C)C)c1NCC(=O)N1CCCCC1. The third kappa shape index (κ3) is 4.02. The van der Waals surface area contributed by atoms with Gasteiger partial charge in [-0.1, -0.05) is 45.9 Å². The number of benzene rings is 1. The first kappa shape index (κ1) is 16.9. The van der Waals surface area contributed by atoms with E-state index in [1.54, 1.807) is 0 Å². The Morgan fingerprint density at radius 3 is 2.09 bits per heavy atom. The second kappa shape index (κ2) is 7.66. The molecule has 0 atom stereocenters. The van der Waals surface area contributed by atoms with Gasteiger partial charge in [0.25, 0.3) is 0 Å². The van der Waals surface area contributed by atoms with Crippen LogP contribution in [-0.2, 0) is 4.79 Å². The Bertz CT molecular complexity index is 476. The summed E-state index contributed by atoms with van der Waals surface area (Å²) in [4.78, 5) is 14.4. The van der Waals surface area contributed by atoms with Crippen LogP contribution in [0.2, 0.25) is 0 Å². The molecule has 0 radical (unpaired) electrons. The molecule has 3 heteroatoms. The molecule has 0 bridgehead atoms. The lowest BCUT2D eigenvalue weighted by molar-refractivity contribution is -0.130. The van der Waals surface area contributed by atoms with E-state index in [1.165, 1.54) is 17.5 Å². The highest BCUT2D eigenvalue weighted by Crippen LogP contribution is 2.32. The van der Waals surface area contributed by atoms with E-state index >= 15 is 0 Å². The summed E-state index contributed by atoms with van der Waals surface area (Å²) in [5.74, 6) is 1.13. The molecule has 3 nitrogen and oxygen atoms in total. The van der Waals surface area contributed by atoms with E-state index in [1.807, 2.05) is 4.90 Å². The molecule has 1 aromatic carbocycles. The number of anilines is 1. The Labute approximate surface area is 135 Å². The summed E-state index contributed by atoms with van der Waals surface area (Å²) >= 11 is 0. The van der Waals surface area contributed by atoms with Crippen molar-refractivity contribution in [2.24, 2.45) is 0 Å². The molecule has 1 aromatic rings. The second-order valence-electron chi connectivity index (χ2n) is 6.92. The predicted molar refractivity (Wildman–Crippen MR) is 93.5 cm³/mol. The number of rotatable bonds is 5. The van der Waals surface area contributed by atoms with Crippen molar-refractivity contribution in [2.45, 2.75) is 58.8 Å². The van der Waals surface area contributed by atoms with E-state index in [0.717, 1.165) is 31.6 Å². The highest BCUT2D eigenvalue weighted by molar-refractivity contribution is 5.81. The summed E-state index contributed by atoms with van der Waals surface area (Å²) in [6, 6.07) is 6.47. The normalized spacial score (nSPS) is 15.5. The quantitative estimate of drug-likeness (QED) is 0.876. The second-order valence-corrected chi connectivity index (χ2v) is 6.92. The molecule has 0 aliphatic carbocycles. The third-order valence-corrected chi connectivity index (χ3v) is 4.50. The maximum absolute atomic E-state index is 12.4. The molecule has 0 aromatic heterocycles. The minimum absolute atomic E-state index is 0.230. The monoisotopic (exact) mass is 302 g/mol.